The van der Waals surface area contributed by atoms with E-state index in [9.17, 15) is 4.79 Å². The number of aromatic nitrogens is 3. The van der Waals surface area contributed by atoms with Crippen LogP contribution in [-0.2, 0) is 6.42 Å². The average molecular weight is 376 g/mol. The SMILES string of the molecule is Cc1cc(C)c2c(-n3cccc3)c(C(=O)NCCc3ccccn3)sc2n1. The van der Waals surface area contributed by atoms with E-state index in [4.69, 9.17) is 0 Å². The highest BCUT2D eigenvalue weighted by Gasteiger charge is 2.21. The van der Waals surface area contributed by atoms with Crippen LogP contribution >= 0.6 is 11.3 Å². The molecule has 0 aliphatic carbocycles. The van der Waals surface area contributed by atoms with Gasteiger partial charge in [-0.05, 0) is 49.7 Å². The predicted octanol–water partition coefficient (Wildman–Crippen LogP) is 4.07. The largest absolute Gasteiger partial charge is 0.351 e. The molecule has 0 aromatic carbocycles. The van der Waals surface area contributed by atoms with Crippen LogP contribution in [0.25, 0.3) is 15.9 Å². The molecule has 136 valence electrons. The lowest BCUT2D eigenvalue weighted by atomic mass is 10.1. The fraction of sp³-hybridized carbons (Fsp3) is 0.190. The van der Waals surface area contributed by atoms with Gasteiger partial charge in [-0.25, -0.2) is 4.98 Å². The van der Waals surface area contributed by atoms with Gasteiger partial charge in [0.25, 0.3) is 5.91 Å². The Balaban J connectivity index is 1.67. The van der Waals surface area contributed by atoms with Crippen LogP contribution in [0.2, 0.25) is 0 Å². The van der Waals surface area contributed by atoms with Crippen molar-refractivity contribution < 1.29 is 4.79 Å². The van der Waals surface area contributed by atoms with E-state index in [1.54, 1.807) is 6.20 Å². The van der Waals surface area contributed by atoms with Crippen molar-refractivity contribution in [2.75, 3.05) is 6.54 Å². The lowest BCUT2D eigenvalue weighted by Crippen LogP contribution is -2.26. The number of hydrogen-bond donors (Lipinski definition) is 1. The third-order valence-corrected chi connectivity index (χ3v) is 5.50. The zero-order chi connectivity index (χ0) is 18.8. The van der Waals surface area contributed by atoms with Gasteiger partial charge in [0.2, 0.25) is 0 Å². The maximum Gasteiger partial charge on any atom is 0.263 e. The van der Waals surface area contributed by atoms with Gasteiger partial charge < -0.3 is 9.88 Å². The molecule has 0 atom stereocenters. The van der Waals surface area contributed by atoms with E-state index in [0.29, 0.717) is 17.8 Å². The Hall–Kier alpha value is -2.99. The van der Waals surface area contributed by atoms with Gasteiger partial charge in [0.05, 0.1) is 5.69 Å². The average Bonchev–Trinajstić information content (AvgIpc) is 3.29. The minimum Gasteiger partial charge on any atom is -0.351 e. The molecule has 1 amide bonds. The van der Waals surface area contributed by atoms with E-state index in [0.717, 1.165) is 32.9 Å². The van der Waals surface area contributed by atoms with Gasteiger partial charge in [-0.2, -0.15) is 0 Å². The number of hydrogen-bond acceptors (Lipinski definition) is 4. The summed E-state index contributed by atoms with van der Waals surface area (Å²) in [6.07, 6.45) is 6.40. The van der Waals surface area contributed by atoms with Crippen LogP contribution in [0.1, 0.15) is 26.6 Å². The number of fused-ring (bicyclic) bond motifs is 1. The van der Waals surface area contributed by atoms with Crippen molar-refractivity contribution in [2.45, 2.75) is 20.3 Å². The van der Waals surface area contributed by atoms with E-state index >= 15 is 0 Å². The lowest BCUT2D eigenvalue weighted by molar-refractivity contribution is 0.0958. The molecule has 4 aromatic rings. The zero-order valence-corrected chi connectivity index (χ0v) is 16.1. The molecule has 1 N–H and O–H groups in total. The molecular formula is C21H20N4OS. The first kappa shape index (κ1) is 17.4. The van der Waals surface area contributed by atoms with Crippen LogP contribution in [0.3, 0.4) is 0 Å². The Kier molecular flexibility index (Phi) is 4.73. The molecule has 0 saturated carbocycles. The van der Waals surface area contributed by atoms with Gasteiger partial charge in [-0.1, -0.05) is 6.07 Å². The number of thiophene rings is 1. The Morgan fingerprint density at radius 3 is 2.74 bits per heavy atom. The summed E-state index contributed by atoms with van der Waals surface area (Å²) in [4.78, 5) is 23.5. The van der Waals surface area contributed by atoms with E-state index in [1.165, 1.54) is 11.3 Å². The van der Waals surface area contributed by atoms with Crippen LogP contribution < -0.4 is 5.32 Å². The first-order chi connectivity index (χ1) is 13.1. The Morgan fingerprint density at radius 2 is 2.00 bits per heavy atom. The maximum atomic E-state index is 13.0. The molecule has 4 rings (SSSR count). The van der Waals surface area contributed by atoms with Gasteiger partial charge in [0.1, 0.15) is 9.71 Å². The summed E-state index contributed by atoms with van der Waals surface area (Å²) in [5.74, 6) is -0.0744. The van der Waals surface area contributed by atoms with E-state index in [2.05, 4.69) is 28.3 Å². The second-order valence-electron chi connectivity index (χ2n) is 6.46. The fourth-order valence-electron chi connectivity index (χ4n) is 3.24. The van der Waals surface area contributed by atoms with Crippen molar-refractivity contribution in [2.24, 2.45) is 0 Å². The summed E-state index contributed by atoms with van der Waals surface area (Å²) in [6, 6.07) is 11.8. The predicted molar refractivity (Wildman–Crippen MR) is 109 cm³/mol. The molecule has 0 radical (unpaired) electrons. The number of carbonyl (C=O) groups is 1. The second kappa shape index (κ2) is 7.32. The molecule has 0 aliphatic rings. The summed E-state index contributed by atoms with van der Waals surface area (Å²) >= 11 is 1.45. The van der Waals surface area contributed by atoms with E-state index in [1.807, 2.05) is 54.2 Å². The summed E-state index contributed by atoms with van der Waals surface area (Å²) in [7, 11) is 0. The number of aryl methyl sites for hydroxylation is 2. The number of nitrogens with zero attached hydrogens (tertiary/aromatic N) is 3. The van der Waals surface area contributed by atoms with Crippen LogP contribution in [0.15, 0.2) is 55.0 Å². The molecule has 27 heavy (non-hydrogen) atoms. The number of rotatable bonds is 5. The first-order valence-corrected chi connectivity index (χ1v) is 9.67. The third kappa shape index (κ3) is 3.48. The van der Waals surface area contributed by atoms with E-state index < -0.39 is 0 Å². The van der Waals surface area contributed by atoms with Gasteiger partial charge in [-0.3, -0.25) is 9.78 Å². The van der Waals surface area contributed by atoms with Crippen molar-refractivity contribution >= 4 is 27.5 Å². The molecule has 0 fully saturated rings. The van der Waals surface area contributed by atoms with Crippen molar-refractivity contribution in [3.8, 4) is 5.69 Å². The lowest BCUT2D eigenvalue weighted by Gasteiger charge is -2.08. The molecule has 0 bridgehead atoms. The van der Waals surface area contributed by atoms with Crippen LogP contribution in [0.5, 0.6) is 0 Å². The molecule has 4 heterocycles. The molecule has 0 saturated heterocycles. The summed E-state index contributed by atoms with van der Waals surface area (Å²) in [6.45, 7) is 4.59. The van der Waals surface area contributed by atoms with Crippen molar-refractivity contribution in [3.05, 3.63) is 76.8 Å². The molecule has 5 nitrogen and oxygen atoms in total. The molecule has 4 aromatic heterocycles. The highest BCUT2D eigenvalue weighted by molar-refractivity contribution is 7.21. The Morgan fingerprint density at radius 1 is 1.19 bits per heavy atom. The zero-order valence-electron chi connectivity index (χ0n) is 15.3. The molecule has 0 spiro atoms. The van der Waals surface area contributed by atoms with Crippen molar-refractivity contribution in [3.63, 3.8) is 0 Å². The molecule has 6 heteroatoms. The van der Waals surface area contributed by atoms with Crippen LogP contribution in [0, 0.1) is 13.8 Å². The van der Waals surface area contributed by atoms with Crippen LogP contribution in [-0.4, -0.2) is 27.0 Å². The summed E-state index contributed by atoms with van der Waals surface area (Å²) in [5.41, 5.74) is 3.96. The van der Waals surface area contributed by atoms with Gasteiger partial charge in [0.15, 0.2) is 0 Å². The molecule has 0 aliphatic heterocycles. The maximum absolute atomic E-state index is 13.0. The number of amides is 1. The minimum atomic E-state index is -0.0744. The van der Waals surface area contributed by atoms with Crippen molar-refractivity contribution in [1.29, 1.82) is 0 Å². The highest BCUT2D eigenvalue weighted by Crippen LogP contribution is 2.35. The fourth-order valence-corrected chi connectivity index (χ4v) is 4.45. The topological polar surface area (TPSA) is 59.8 Å². The summed E-state index contributed by atoms with van der Waals surface area (Å²) < 4.78 is 2.00. The van der Waals surface area contributed by atoms with Gasteiger partial charge in [-0.15, -0.1) is 11.3 Å². The number of pyridine rings is 2. The Labute approximate surface area is 161 Å². The second-order valence-corrected chi connectivity index (χ2v) is 7.46. The van der Waals surface area contributed by atoms with Crippen LogP contribution in [0.4, 0.5) is 0 Å². The summed E-state index contributed by atoms with van der Waals surface area (Å²) in [5, 5.41) is 4.07. The van der Waals surface area contributed by atoms with E-state index in [-0.39, 0.29) is 5.91 Å². The smallest absolute Gasteiger partial charge is 0.263 e. The first-order valence-electron chi connectivity index (χ1n) is 8.85. The van der Waals surface area contributed by atoms with Gasteiger partial charge >= 0.3 is 0 Å². The number of nitrogens with one attached hydrogen (secondary N) is 1. The minimum absolute atomic E-state index is 0.0744. The monoisotopic (exact) mass is 376 g/mol. The van der Waals surface area contributed by atoms with Crippen molar-refractivity contribution in [1.82, 2.24) is 19.9 Å². The van der Waals surface area contributed by atoms with Gasteiger partial charge in [0, 0.05) is 48.3 Å². The number of carbonyl (C=O) groups excluding carboxylic acids is 1. The quantitative estimate of drug-likeness (QED) is 0.571. The third-order valence-electron chi connectivity index (χ3n) is 4.42. The molecule has 0 unspecified atom stereocenters. The molecular weight excluding hydrogens is 356 g/mol. The normalized spacial score (nSPS) is 11.0. The highest BCUT2D eigenvalue weighted by atomic mass is 32.1. The standard InChI is InChI=1S/C21H20N4OS/c1-14-13-15(2)24-21-17(14)18(25-11-5-6-12-25)19(27-21)20(26)23-10-8-16-7-3-4-9-22-16/h3-7,9,11-13H,8,10H2,1-2H3,(H,23,26). The Bertz CT molecular complexity index is 1080.